The zero-order valence-electron chi connectivity index (χ0n) is 15.3. The van der Waals surface area contributed by atoms with Gasteiger partial charge in [-0.2, -0.15) is 4.37 Å². The highest BCUT2D eigenvalue weighted by Crippen LogP contribution is 2.36. The zero-order chi connectivity index (χ0) is 19.1. The fraction of sp³-hybridized carbons (Fsp3) is 0.250. The number of nitrogens with zero attached hydrogens (tertiary/aromatic N) is 5. The van der Waals surface area contributed by atoms with Gasteiger partial charge < -0.3 is 9.80 Å². The highest BCUT2D eigenvalue weighted by atomic mass is 35.5. The summed E-state index contributed by atoms with van der Waals surface area (Å²) < 4.78 is 5.74. The van der Waals surface area contributed by atoms with E-state index in [0.717, 1.165) is 57.8 Å². The summed E-state index contributed by atoms with van der Waals surface area (Å²) in [6, 6.07) is 10.2. The molecule has 1 aliphatic heterocycles. The predicted octanol–water partition coefficient (Wildman–Crippen LogP) is 5.10. The summed E-state index contributed by atoms with van der Waals surface area (Å²) in [6.07, 6.45) is 1.66. The molecule has 3 aromatic heterocycles. The van der Waals surface area contributed by atoms with Crippen molar-refractivity contribution in [1.29, 1.82) is 0 Å². The Morgan fingerprint density at radius 1 is 1.04 bits per heavy atom. The Balaban J connectivity index is 1.41. The van der Waals surface area contributed by atoms with E-state index in [-0.39, 0.29) is 0 Å². The van der Waals surface area contributed by atoms with Gasteiger partial charge in [-0.15, -0.1) is 11.3 Å². The molecule has 0 atom stereocenters. The Kier molecular flexibility index (Phi) is 4.66. The molecule has 4 aromatic rings. The van der Waals surface area contributed by atoms with Crippen LogP contribution in [0.25, 0.3) is 20.8 Å². The van der Waals surface area contributed by atoms with Crippen molar-refractivity contribution in [3.63, 3.8) is 0 Å². The quantitative estimate of drug-likeness (QED) is 0.455. The number of hydrogen-bond donors (Lipinski definition) is 0. The topological polar surface area (TPSA) is 45.2 Å². The number of rotatable bonds is 3. The van der Waals surface area contributed by atoms with Gasteiger partial charge in [0.2, 0.25) is 0 Å². The van der Waals surface area contributed by atoms with Gasteiger partial charge in [-0.05, 0) is 47.6 Å². The molecule has 0 N–H and O–H groups in total. The minimum atomic E-state index is 0.784. The molecule has 5 nitrogen and oxygen atoms in total. The Bertz CT molecular complexity index is 1120. The molecule has 1 aromatic carbocycles. The van der Waals surface area contributed by atoms with Crippen LogP contribution in [0.15, 0.2) is 42.0 Å². The Morgan fingerprint density at radius 3 is 2.64 bits per heavy atom. The van der Waals surface area contributed by atoms with Crippen LogP contribution in [0.4, 0.5) is 11.5 Å². The first-order valence-corrected chi connectivity index (χ1v) is 11.1. The maximum absolute atomic E-state index is 6.21. The molecule has 0 unspecified atom stereocenters. The van der Waals surface area contributed by atoms with Gasteiger partial charge in [0.05, 0.1) is 4.88 Å². The normalized spacial score (nSPS) is 14.8. The summed E-state index contributed by atoms with van der Waals surface area (Å²) in [6.45, 7) is 5.82. The third kappa shape index (κ3) is 3.13. The number of piperazine rings is 1. The number of hydrogen-bond acceptors (Lipinski definition) is 7. The molecule has 1 aliphatic rings. The van der Waals surface area contributed by atoms with Crippen LogP contribution >= 0.6 is 34.5 Å². The number of anilines is 2. The van der Waals surface area contributed by atoms with E-state index in [0.29, 0.717) is 0 Å². The van der Waals surface area contributed by atoms with E-state index in [1.54, 1.807) is 17.7 Å². The van der Waals surface area contributed by atoms with Crippen LogP contribution in [0, 0.1) is 6.92 Å². The fourth-order valence-corrected chi connectivity index (χ4v) is 5.44. The molecule has 0 saturated carbocycles. The highest BCUT2D eigenvalue weighted by Gasteiger charge is 2.23. The average Bonchev–Trinajstić information content (AvgIpc) is 3.39. The van der Waals surface area contributed by atoms with Crippen molar-refractivity contribution in [2.45, 2.75) is 6.92 Å². The molecule has 0 aliphatic carbocycles. The lowest BCUT2D eigenvalue weighted by Gasteiger charge is -2.37. The molecule has 1 saturated heterocycles. The largest absolute Gasteiger partial charge is 0.368 e. The van der Waals surface area contributed by atoms with Gasteiger partial charge >= 0.3 is 0 Å². The third-order valence-electron chi connectivity index (χ3n) is 5.08. The lowest BCUT2D eigenvalue weighted by atomic mass is 10.1. The van der Waals surface area contributed by atoms with Crippen LogP contribution in [0.5, 0.6) is 0 Å². The van der Waals surface area contributed by atoms with E-state index >= 15 is 0 Å². The van der Waals surface area contributed by atoms with E-state index in [2.05, 4.69) is 54.6 Å². The molecule has 142 valence electrons. The van der Waals surface area contributed by atoms with Crippen LogP contribution in [-0.4, -0.2) is 40.5 Å². The molecule has 28 heavy (non-hydrogen) atoms. The standard InChI is InChI=1S/C20H18ClN5S2/c1-13-4-5-14(21)11-15(13)25-6-8-26(9-7-25)20-19-18(22-12-23-20)17(24-28-19)16-3-2-10-27-16/h2-5,10-12H,6-9H2,1H3. The number of benzene rings is 1. The second-order valence-corrected chi connectivity index (χ2v) is 8.95. The van der Waals surface area contributed by atoms with Gasteiger partial charge in [-0.3, -0.25) is 0 Å². The van der Waals surface area contributed by atoms with Crippen molar-refractivity contribution in [2.75, 3.05) is 36.0 Å². The van der Waals surface area contributed by atoms with Gasteiger partial charge in [0.1, 0.15) is 22.2 Å². The molecule has 0 radical (unpaired) electrons. The van der Waals surface area contributed by atoms with Crippen molar-refractivity contribution < 1.29 is 0 Å². The monoisotopic (exact) mass is 427 g/mol. The molecule has 4 heterocycles. The van der Waals surface area contributed by atoms with Gasteiger partial charge in [0.25, 0.3) is 0 Å². The Hall–Kier alpha value is -2.22. The molecule has 1 fully saturated rings. The summed E-state index contributed by atoms with van der Waals surface area (Å²) in [5, 5.41) is 2.85. The van der Waals surface area contributed by atoms with Crippen LogP contribution in [0.2, 0.25) is 5.02 Å². The van der Waals surface area contributed by atoms with Crippen LogP contribution in [0.1, 0.15) is 5.56 Å². The molecular formula is C20H18ClN5S2. The van der Waals surface area contributed by atoms with Crippen molar-refractivity contribution in [3.8, 4) is 10.6 Å². The lowest BCUT2D eigenvalue weighted by Crippen LogP contribution is -2.47. The number of halogens is 1. The summed E-state index contributed by atoms with van der Waals surface area (Å²) in [7, 11) is 0. The van der Waals surface area contributed by atoms with Crippen LogP contribution in [0.3, 0.4) is 0 Å². The number of thiophene rings is 1. The second kappa shape index (κ2) is 7.31. The first kappa shape index (κ1) is 17.8. The summed E-state index contributed by atoms with van der Waals surface area (Å²) in [5.74, 6) is 0.993. The lowest BCUT2D eigenvalue weighted by molar-refractivity contribution is 0.648. The molecule has 0 bridgehead atoms. The Morgan fingerprint density at radius 2 is 1.86 bits per heavy atom. The predicted molar refractivity (Wildman–Crippen MR) is 119 cm³/mol. The zero-order valence-corrected chi connectivity index (χ0v) is 17.7. The maximum atomic E-state index is 6.21. The average molecular weight is 428 g/mol. The molecule has 8 heteroatoms. The number of aryl methyl sites for hydroxylation is 1. The van der Waals surface area contributed by atoms with E-state index in [9.17, 15) is 0 Å². The summed E-state index contributed by atoms with van der Waals surface area (Å²) in [4.78, 5) is 15.0. The van der Waals surface area contributed by atoms with E-state index in [1.165, 1.54) is 22.8 Å². The fourth-order valence-electron chi connectivity index (χ4n) is 3.63. The molecule has 0 amide bonds. The second-order valence-electron chi connectivity index (χ2n) is 6.79. The van der Waals surface area contributed by atoms with Gasteiger partial charge in [-0.1, -0.05) is 23.7 Å². The minimum Gasteiger partial charge on any atom is -0.368 e. The molecule has 0 spiro atoms. The molecular weight excluding hydrogens is 410 g/mol. The Labute approximate surface area is 176 Å². The van der Waals surface area contributed by atoms with Crippen molar-refractivity contribution >= 4 is 56.2 Å². The van der Waals surface area contributed by atoms with E-state index in [1.807, 2.05) is 12.1 Å². The minimum absolute atomic E-state index is 0.784. The first-order valence-electron chi connectivity index (χ1n) is 9.11. The third-order valence-corrected chi connectivity index (χ3v) is 7.03. The first-order chi connectivity index (χ1) is 13.7. The number of fused-ring (bicyclic) bond motifs is 1. The van der Waals surface area contributed by atoms with Crippen LogP contribution in [-0.2, 0) is 0 Å². The van der Waals surface area contributed by atoms with E-state index < -0.39 is 0 Å². The number of aromatic nitrogens is 3. The summed E-state index contributed by atoms with van der Waals surface area (Å²) in [5.41, 5.74) is 4.39. The van der Waals surface area contributed by atoms with E-state index in [4.69, 9.17) is 11.6 Å². The van der Waals surface area contributed by atoms with Gasteiger partial charge in [-0.25, -0.2) is 9.97 Å². The van der Waals surface area contributed by atoms with Crippen molar-refractivity contribution in [1.82, 2.24) is 14.3 Å². The van der Waals surface area contributed by atoms with Crippen molar-refractivity contribution in [2.24, 2.45) is 0 Å². The summed E-state index contributed by atoms with van der Waals surface area (Å²) >= 11 is 9.39. The smallest absolute Gasteiger partial charge is 0.151 e. The van der Waals surface area contributed by atoms with Crippen LogP contribution < -0.4 is 9.80 Å². The van der Waals surface area contributed by atoms with Gasteiger partial charge in [0, 0.05) is 36.9 Å². The maximum Gasteiger partial charge on any atom is 0.151 e. The highest BCUT2D eigenvalue weighted by molar-refractivity contribution is 7.16. The molecule has 5 rings (SSSR count). The SMILES string of the molecule is Cc1ccc(Cl)cc1N1CCN(c2ncnc3c(-c4cccs4)nsc23)CC1. The van der Waals surface area contributed by atoms with Crippen molar-refractivity contribution in [3.05, 3.63) is 52.6 Å². The van der Waals surface area contributed by atoms with Gasteiger partial charge in [0.15, 0.2) is 5.82 Å².